The summed E-state index contributed by atoms with van der Waals surface area (Å²) in [5.41, 5.74) is 1.68. The minimum absolute atomic E-state index is 0.189. The molecule has 10 heteroatoms. The van der Waals surface area contributed by atoms with Crippen LogP contribution in [0.25, 0.3) is 11.3 Å². The number of hydrogen-bond donors (Lipinski definition) is 1. The quantitative estimate of drug-likeness (QED) is 0.536. The van der Waals surface area contributed by atoms with Gasteiger partial charge in [-0.3, -0.25) is 10.1 Å². The van der Waals surface area contributed by atoms with E-state index in [0.717, 1.165) is 0 Å². The molecule has 3 aromatic rings. The highest BCUT2D eigenvalue weighted by molar-refractivity contribution is 7.92. The molecule has 0 atom stereocenters. The van der Waals surface area contributed by atoms with Crippen molar-refractivity contribution in [1.82, 2.24) is 4.98 Å². The van der Waals surface area contributed by atoms with E-state index in [1.807, 2.05) is 0 Å². The lowest BCUT2D eigenvalue weighted by molar-refractivity contribution is 0.102. The molecule has 3 rings (SSSR count). The number of carbonyl (C=O) groups is 1. The molecule has 2 heterocycles. The number of carbonyl (C=O) groups excluding carboxylic acids is 1. The van der Waals surface area contributed by atoms with Gasteiger partial charge >= 0.3 is 0 Å². The molecule has 1 aromatic carbocycles. The van der Waals surface area contributed by atoms with Gasteiger partial charge in [-0.1, -0.05) is 23.2 Å². The molecule has 0 unspecified atom stereocenters. The first kappa shape index (κ1) is 20.3. The van der Waals surface area contributed by atoms with Crippen LogP contribution in [0.1, 0.15) is 24.2 Å². The molecule has 142 valence electrons. The number of nitrogens with zero attached hydrogens (tertiary/aromatic N) is 1. The predicted octanol–water partition coefficient (Wildman–Crippen LogP) is 5.61. The first-order valence-corrected chi connectivity index (χ1v) is 11.7. The lowest BCUT2D eigenvalue weighted by atomic mass is 10.2. The first-order chi connectivity index (χ1) is 12.7. The first-order valence-electron chi connectivity index (χ1n) is 7.74. The van der Waals surface area contributed by atoms with E-state index in [1.165, 1.54) is 46.9 Å². The summed E-state index contributed by atoms with van der Waals surface area (Å²) < 4.78 is 25.4. The van der Waals surface area contributed by atoms with Crippen LogP contribution in [-0.4, -0.2) is 24.6 Å². The summed E-state index contributed by atoms with van der Waals surface area (Å²) >= 11 is 14.6. The molecule has 1 N–H and O–H groups in total. The standard InChI is InChI=1S/C17H14Cl2N2O3S3/c1-9(2)27(23,24)11-5-3-10(4-6-11)16(22)21-17-20-13(8-25-17)12-7-14(18)26-15(12)19/h3-9H,1-2H3,(H,20,21,22). The van der Waals surface area contributed by atoms with Crippen molar-refractivity contribution < 1.29 is 13.2 Å². The van der Waals surface area contributed by atoms with Crippen LogP contribution in [0.2, 0.25) is 8.67 Å². The Bertz CT molecular complexity index is 1090. The molecule has 2 aromatic heterocycles. The van der Waals surface area contributed by atoms with Crippen LogP contribution in [-0.2, 0) is 9.84 Å². The number of aromatic nitrogens is 1. The summed E-state index contributed by atoms with van der Waals surface area (Å²) in [6.45, 7) is 3.23. The zero-order chi connectivity index (χ0) is 19.8. The summed E-state index contributed by atoms with van der Waals surface area (Å²) in [5.74, 6) is -0.376. The van der Waals surface area contributed by atoms with Crippen molar-refractivity contribution in [3.8, 4) is 11.3 Å². The monoisotopic (exact) mass is 460 g/mol. The lowest BCUT2D eigenvalue weighted by Crippen LogP contribution is -2.15. The van der Waals surface area contributed by atoms with Crippen molar-refractivity contribution in [2.24, 2.45) is 0 Å². The van der Waals surface area contributed by atoms with Crippen LogP contribution in [0, 0.1) is 0 Å². The number of nitrogens with one attached hydrogen (secondary N) is 1. The fourth-order valence-electron chi connectivity index (χ4n) is 2.21. The van der Waals surface area contributed by atoms with E-state index < -0.39 is 15.1 Å². The fraction of sp³-hybridized carbons (Fsp3) is 0.176. The molecule has 0 saturated heterocycles. The van der Waals surface area contributed by atoms with E-state index in [1.54, 1.807) is 25.3 Å². The van der Waals surface area contributed by atoms with Gasteiger partial charge in [0.05, 0.1) is 20.2 Å². The van der Waals surface area contributed by atoms with Crippen molar-refractivity contribution in [3.05, 3.63) is 49.9 Å². The van der Waals surface area contributed by atoms with Gasteiger partial charge in [0.15, 0.2) is 15.0 Å². The number of hydrogen-bond acceptors (Lipinski definition) is 6. The van der Waals surface area contributed by atoms with Crippen LogP contribution >= 0.6 is 45.9 Å². The third-order valence-electron chi connectivity index (χ3n) is 3.72. The predicted molar refractivity (Wildman–Crippen MR) is 112 cm³/mol. The van der Waals surface area contributed by atoms with Gasteiger partial charge in [-0.2, -0.15) is 0 Å². The molecule has 0 spiro atoms. The van der Waals surface area contributed by atoms with Gasteiger partial charge < -0.3 is 0 Å². The zero-order valence-corrected chi connectivity index (χ0v) is 18.2. The second-order valence-electron chi connectivity index (χ2n) is 5.85. The minimum atomic E-state index is -3.37. The number of amides is 1. The number of benzene rings is 1. The number of halogens is 2. The molecule has 0 fully saturated rings. The second kappa shape index (κ2) is 7.89. The Morgan fingerprint density at radius 3 is 2.41 bits per heavy atom. The SMILES string of the molecule is CC(C)S(=O)(=O)c1ccc(C(=O)Nc2nc(-c3cc(Cl)sc3Cl)cs2)cc1. The van der Waals surface area contributed by atoms with E-state index in [9.17, 15) is 13.2 Å². The highest BCUT2D eigenvalue weighted by Gasteiger charge is 2.20. The Morgan fingerprint density at radius 1 is 1.19 bits per heavy atom. The van der Waals surface area contributed by atoms with Gasteiger partial charge in [-0.15, -0.1) is 22.7 Å². The summed E-state index contributed by atoms with van der Waals surface area (Å²) in [4.78, 5) is 16.9. The van der Waals surface area contributed by atoms with Crippen molar-refractivity contribution in [2.45, 2.75) is 24.0 Å². The molecule has 0 bridgehead atoms. The normalized spacial score (nSPS) is 11.7. The van der Waals surface area contributed by atoms with Gasteiger partial charge in [0, 0.05) is 16.5 Å². The molecular weight excluding hydrogens is 447 g/mol. The van der Waals surface area contributed by atoms with E-state index in [4.69, 9.17) is 23.2 Å². The molecule has 0 radical (unpaired) electrons. The average Bonchev–Trinajstić information content (AvgIpc) is 3.20. The van der Waals surface area contributed by atoms with Crippen LogP contribution in [0.3, 0.4) is 0 Å². The third-order valence-corrected chi connectivity index (χ3v) is 8.14. The Balaban J connectivity index is 1.76. The van der Waals surface area contributed by atoms with Crippen molar-refractivity contribution in [1.29, 1.82) is 0 Å². The summed E-state index contributed by atoms with van der Waals surface area (Å²) in [6, 6.07) is 7.56. The Labute approximate surface area is 174 Å². The van der Waals surface area contributed by atoms with Crippen LogP contribution in [0.15, 0.2) is 40.6 Å². The highest BCUT2D eigenvalue weighted by atomic mass is 35.5. The topological polar surface area (TPSA) is 76.1 Å². The van der Waals surface area contributed by atoms with E-state index in [-0.39, 0.29) is 10.8 Å². The minimum Gasteiger partial charge on any atom is -0.298 e. The smallest absolute Gasteiger partial charge is 0.257 e. The van der Waals surface area contributed by atoms with E-state index in [2.05, 4.69) is 10.3 Å². The maximum Gasteiger partial charge on any atom is 0.257 e. The lowest BCUT2D eigenvalue weighted by Gasteiger charge is -2.08. The van der Waals surface area contributed by atoms with Gasteiger partial charge in [0.25, 0.3) is 5.91 Å². The second-order valence-corrected chi connectivity index (χ2v) is 11.5. The molecule has 0 saturated carbocycles. The van der Waals surface area contributed by atoms with E-state index >= 15 is 0 Å². The van der Waals surface area contributed by atoms with Crippen molar-refractivity contribution >= 4 is 66.8 Å². The number of thiophene rings is 1. The number of anilines is 1. The third kappa shape index (κ3) is 4.35. The zero-order valence-electron chi connectivity index (χ0n) is 14.2. The number of thiazole rings is 1. The van der Waals surface area contributed by atoms with Gasteiger partial charge in [0.1, 0.15) is 4.34 Å². The molecule has 0 aliphatic carbocycles. The fourth-order valence-corrected chi connectivity index (χ4v) is 5.45. The molecule has 27 heavy (non-hydrogen) atoms. The van der Waals surface area contributed by atoms with Crippen LogP contribution in [0.4, 0.5) is 5.13 Å². The van der Waals surface area contributed by atoms with Crippen molar-refractivity contribution in [2.75, 3.05) is 5.32 Å². The van der Waals surface area contributed by atoms with Gasteiger partial charge in [-0.05, 0) is 44.2 Å². The summed E-state index contributed by atoms with van der Waals surface area (Å²) in [6.07, 6.45) is 0. The van der Waals surface area contributed by atoms with E-state index in [0.29, 0.717) is 30.6 Å². The highest BCUT2D eigenvalue weighted by Crippen LogP contribution is 2.39. The van der Waals surface area contributed by atoms with Gasteiger partial charge in [-0.25, -0.2) is 13.4 Å². The van der Waals surface area contributed by atoms with Crippen LogP contribution in [0.5, 0.6) is 0 Å². The maximum absolute atomic E-state index is 12.4. The van der Waals surface area contributed by atoms with Gasteiger partial charge in [0.2, 0.25) is 0 Å². The Kier molecular flexibility index (Phi) is 5.93. The summed E-state index contributed by atoms with van der Waals surface area (Å²) in [7, 11) is -3.37. The molecular formula is C17H14Cl2N2O3S3. The number of rotatable bonds is 5. The maximum atomic E-state index is 12.4. The van der Waals surface area contributed by atoms with Crippen molar-refractivity contribution in [3.63, 3.8) is 0 Å². The molecule has 1 amide bonds. The Hall–Kier alpha value is -1.45. The number of sulfone groups is 1. The summed E-state index contributed by atoms with van der Waals surface area (Å²) in [5, 5.41) is 4.36. The largest absolute Gasteiger partial charge is 0.298 e. The molecule has 5 nitrogen and oxygen atoms in total. The average molecular weight is 461 g/mol. The molecule has 0 aliphatic heterocycles. The molecule has 0 aliphatic rings. The Morgan fingerprint density at radius 2 is 1.85 bits per heavy atom. The van der Waals surface area contributed by atoms with Crippen LogP contribution < -0.4 is 5.32 Å².